The molecule has 0 spiro atoms. The molecule has 0 aliphatic carbocycles. The van der Waals surface area contributed by atoms with Crippen LogP contribution in [0.15, 0.2) is 42.7 Å². The summed E-state index contributed by atoms with van der Waals surface area (Å²) in [6, 6.07) is 10.00. The molecule has 102 valence electrons. The van der Waals surface area contributed by atoms with Gasteiger partial charge in [-0.05, 0) is 35.2 Å². The van der Waals surface area contributed by atoms with Gasteiger partial charge < -0.3 is 14.4 Å². The SMILES string of the molecule is COc1cccc(Cn2ccc(C(O)C(C)C)c2)c1. The third-order valence-electron chi connectivity index (χ3n) is 3.25. The monoisotopic (exact) mass is 259 g/mol. The first kappa shape index (κ1) is 13.7. The fourth-order valence-electron chi connectivity index (χ4n) is 2.10. The molecule has 2 rings (SSSR count). The molecule has 0 amide bonds. The van der Waals surface area contributed by atoms with Gasteiger partial charge in [0, 0.05) is 18.9 Å². The summed E-state index contributed by atoms with van der Waals surface area (Å²) >= 11 is 0. The summed E-state index contributed by atoms with van der Waals surface area (Å²) in [5.41, 5.74) is 2.15. The average Bonchev–Trinajstić information content (AvgIpc) is 2.86. The zero-order chi connectivity index (χ0) is 13.8. The summed E-state index contributed by atoms with van der Waals surface area (Å²) < 4.78 is 7.30. The van der Waals surface area contributed by atoms with E-state index in [0.29, 0.717) is 0 Å². The van der Waals surface area contributed by atoms with E-state index in [2.05, 4.69) is 10.6 Å². The molecule has 3 heteroatoms. The Morgan fingerprint density at radius 3 is 2.74 bits per heavy atom. The van der Waals surface area contributed by atoms with E-state index in [1.165, 1.54) is 5.56 Å². The van der Waals surface area contributed by atoms with Crippen LogP contribution in [-0.2, 0) is 6.54 Å². The molecule has 0 aliphatic rings. The molecular formula is C16H21NO2. The second-order valence-electron chi connectivity index (χ2n) is 5.16. The van der Waals surface area contributed by atoms with Crippen molar-refractivity contribution in [1.82, 2.24) is 4.57 Å². The van der Waals surface area contributed by atoms with Crippen LogP contribution in [0.4, 0.5) is 0 Å². The number of rotatable bonds is 5. The number of aliphatic hydroxyl groups excluding tert-OH is 1. The van der Waals surface area contributed by atoms with E-state index in [-0.39, 0.29) is 5.92 Å². The number of benzene rings is 1. The molecule has 1 N–H and O–H groups in total. The minimum atomic E-state index is -0.397. The second-order valence-corrected chi connectivity index (χ2v) is 5.16. The van der Waals surface area contributed by atoms with Crippen molar-refractivity contribution in [2.75, 3.05) is 7.11 Å². The Hall–Kier alpha value is -1.74. The molecule has 1 heterocycles. The summed E-state index contributed by atoms with van der Waals surface area (Å²) in [6.07, 6.45) is 3.61. The Morgan fingerprint density at radius 2 is 2.05 bits per heavy atom. The molecule has 0 aliphatic heterocycles. The van der Waals surface area contributed by atoms with Gasteiger partial charge in [0.05, 0.1) is 13.2 Å². The number of aliphatic hydroxyl groups is 1. The van der Waals surface area contributed by atoms with Gasteiger partial charge in [-0.3, -0.25) is 0 Å². The molecule has 0 saturated carbocycles. The summed E-state index contributed by atoms with van der Waals surface area (Å²) in [5.74, 6) is 1.10. The lowest BCUT2D eigenvalue weighted by atomic mass is 10.0. The van der Waals surface area contributed by atoms with Crippen LogP contribution in [0.3, 0.4) is 0 Å². The predicted octanol–water partition coefficient (Wildman–Crippen LogP) is 3.23. The van der Waals surface area contributed by atoms with E-state index in [0.717, 1.165) is 17.9 Å². The molecule has 1 aromatic heterocycles. The van der Waals surface area contributed by atoms with Gasteiger partial charge in [0.1, 0.15) is 5.75 Å². The Bertz CT molecular complexity index is 531. The standard InChI is InChI=1S/C16H21NO2/c1-12(2)16(18)14-7-8-17(11-14)10-13-5-4-6-15(9-13)19-3/h4-9,11-12,16,18H,10H2,1-3H3. The maximum atomic E-state index is 10.0. The normalized spacial score (nSPS) is 12.7. The van der Waals surface area contributed by atoms with Gasteiger partial charge in [-0.1, -0.05) is 26.0 Å². The molecule has 2 aromatic rings. The van der Waals surface area contributed by atoms with Crippen molar-refractivity contribution in [3.8, 4) is 5.75 Å². The molecule has 1 aromatic carbocycles. The van der Waals surface area contributed by atoms with Crippen LogP contribution in [0, 0.1) is 5.92 Å². The molecule has 0 fully saturated rings. The maximum absolute atomic E-state index is 10.0. The molecule has 0 radical (unpaired) electrons. The number of hydrogen-bond donors (Lipinski definition) is 1. The van der Waals surface area contributed by atoms with Gasteiger partial charge in [0.25, 0.3) is 0 Å². The second kappa shape index (κ2) is 5.93. The summed E-state index contributed by atoms with van der Waals surface area (Å²) in [6.45, 7) is 4.82. The quantitative estimate of drug-likeness (QED) is 0.894. The van der Waals surface area contributed by atoms with Gasteiger partial charge in [-0.15, -0.1) is 0 Å². The number of hydrogen-bond acceptors (Lipinski definition) is 2. The number of aromatic nitrogens is 1. The van der Waals surface area contributed by atoms with E-state index in [1.54, 1.807) is 7.11 Å². The van der Waals surface area contributed by atoms with Crippen LogP contribution >= 0.6 is 0 Å². The van der Waals surface area contributed by atoms with Gasteiger partial charge in [-0.25, -0.2) is 0 Å². The van der Waals surface area contributed by atoms with Crippen LogP contribution in [0.2, 0.25) is 0 Å². The Kier molecular flexibility index (Phi) is 4.27. The van der Waals surface area contributed by atoms with E-state index in [9.17, 15) is 5.11 Å². The van der Waals surface area contributed by atoms with Crippen molar-refractivity contribution < 1.29 is 9.84 Å². The van der Waals surface area contributed by atoms with Gasteiger partial charge in [0.2, 0.25) is 0 Å². The fraction of sp³-hybridized carbons (Fsp3) is 0.375. The fourth-order valence-corrected chi connectivity index (χ4v) is 2.10. The van der Waals surface area contributed by atoms with Crippen molar-refractivity contribution in [3.63, 3.8) is 0 Å². The highest BCUT2D eigenvalue weighted by Crippen LogP contribution is 2.22. The molecule has 0 bridgehead atoms. The molecule has 19 heavy (non-hydrogen) atoms. The van der Waals surface area contributed by atoms with Gasteiger partial charge >= 0.3 is 0 Å². The largest absolute Gasteiger partial charge is 0.497 e. The minimum Gasteiger partial charge on any atom is -0.497 e. The molecule has 0 saturated heterocycles. The lowest BCUT2D eigenvalue weighted by Gasteiger charge is -2.12. The van der Waals surface area contributed by atoms with Crippen molar-refractivity contribution in [2.45, 2.75) is 26.5 Å². The molecule has 1 atom stereocenters. The van der Waals surface area contributed by atoms with Gasteiger partial charge in [0.15, 0.2) is 0 Å². The lowest BCUT2D eigenvalue weighted by Crippen LogP contribution is -2.04. The van der Waals surface area contributed by atoms with Crippen LogP contribution in [-0.4, -0.2) is 16.8 Å². The third-order valence-corrected chi connectivity index (χ3v) is 3.25. The summed E-state index contributed by atoms with van der Waals surface area (Å²) in [7, 11) is 1.67. The van der Waals surface area contributed by atoms with E-state index >= 15 is 0 Å². The number of methoxy groups -OCH3 is 1. The maximum Gasteiger partial charge on any atom is 0.119 e. The Morgan fingerprint density at radius 1 is 1.26 bits per heavy atom. The van der Waals surface area contributed by atoms with E-state index in [1.807, 2.05) is 50.5 Å². The third kappa shape index (κ3) is 3.38. The minimum absolute atomic E-state index is 0.229. The summed E-state index contributed by atoms with van der Waals surface area (Å²) in [4.78, 5) is 0. The predicted molar refractivity (Wildman–Crippen MR) is 76.3 cm³/mol. The Balaban J connectivity index is 2.11. The zero-order valence-electron chi connectivity index (χ0n) is 11.7. The van der Waals surface area contributed by atoms with Crippen molar-refractivity contribution in [3.05, 3.63) is 53.9 Å². The first-order valence-corrected chi connectivity index (χ1v) is 6.57. The van der Waals surface area contributed by atoms with Crippen LogP contribution in [0.1, 0.15) is 31.1 Å². The van der Waals surface area contributed by atoms with Crippen LogP contribution in [0.5, 0.6) is 5.75 Å². The van der Waals surface area contributed by atoms with Gasteiger partial charge in [-0.2, -0.15) is 0 Å². The van der Waals surface area contributed by atoms with Crippen molar-refractivity contribution in [1.29, 1.82) is 0 Å². The molecule has 1 unspecified atom stereocenters. The van der Waals surface area contributed by atoms with Crippen molar-refractivity contribution >= 4 is 0 Å². The highest BCUT2D eigenvalue weighted by atomic mass is 16.5. The molecular weight excluding hydrogens is 238 g/mol. The summed E-state index contributed by atoms with van der Waals surface area (Å²) in [5, 5.41) is 10.0. The highest BCUT2D eigenvalue weighted by Gasteiger charge is 2.12. The van der Waals surface area contributed by atoms with Crippen LogP contribution < -0.4 is 4.74 Å². The zero-order valence-corrected chi connectivity index (χ0v) is 11.7. The Labute approximate surface area is 114 Å². The number of ether oxygens (including phenoxy) is 1. The highest BCUT2D eigenvalue weighted by molar-refractivity contribution is 5.29. The van der Waals surface area contributed by atoms with E-state index < -0.39 is 6.10 Å². The van der Waals surface area contributed by atoms with Crippen LogP contribution in [0.25, 0.3) is 0 Å². The first-order chi connectivity index (χ1) is 9.10. The smallest absolute Gasteiger partial charge is 0.119 e. The first-order valence-electron chi connectivity index (χ1n) is 6.57. The topological polar surface area (TPSA) is 34.4 Å². The molecule has 3 nitrogen and oxygen atoms in total. The lowest BCUT2D eigenvalue weighted by molar-refractivity contribution is 0.127. The van der Waals surface area contributed by atoms with E-state index in [4.69, 9.17) is 4.74 Å². The van der Waals surface area contributed by atoms with Crippen molar-refractivity contribution in [2.24, 2.45) is 5.92 Å². The average molecular weight is 259 g/mol. The number of nitrogens with zero attached hydrogens (tertiary/aromatic N) is 1.